The molecule has 5 heteroatoms. The number of benzene rings is 3. The summed E-state index contributed by atoms with van der Waals surface area (Å²) in [4.78, 5) is 12.9. The fourth-order valence-electron chi connectivity index (χ4n) is 2.90. The fourth-order valence-corrected chi connectivity index (χ4v) is 2.90. The SMILES string of the molecule is N#Cc1cccc(-c2nn(-c3ccc(F)cc3)c(=O)c3ccccc23)c1. The van der Waals surface area contributed by atoms with Crippen LogP contribution in [-0.4, -0.2) is 9.78 Å². The van der Waals surface area contributed by atoms with E-state index in [1.165, 1.54) is 28.9 Å². The van der Waals surface area contributed by atoms with Gasteiger partial charge >= 0.3 is 0 Å². The Bertz CT molecular complexity index is 1220. The molecule has 124 valence electrons. The lowest BCUT2D eigenvalue weighted by Crippen LogP contribution is -2.22. The highest BCUT2D eigenvalue weighted by Crippen LogP contribution is 2.26. The van der Waals surface area contributed by atoms with Crippen LogP contribution in [0.2, 0.25) is 0 Å². The van der Waals surface area contributed by atoms with Gasteiger partial charge in [0.25, 0.3) is 5.56 Å². The van der Waals surface area contributed by atoms with E-state index in [2.05, 4.69) is 11.2 Å². The van der Waals surface area contributed by atoms with Crippen molar-refractivity contribution >= 4 is 10.8 Å². The van der Waals surface area contributed by atoms with Gasteiger partial charge in [-0.05, 0) is 42.5 Å². The summed E-state index contributed by atoms with van der Waals surface area (Å²) in [5.41, 5.74) is 2.01. The van der Waals surface area contributed by atoms with Crippen molar-refractivity contribution < 1.29 is 4.39 Å². The molecule has 3 aromatic carbocycles. The Morgan fingerprint density at radius 3 is 2.38 bits per heavy atom. The van der Waals surface area contributed by atoms with Crippen LogP contribution in [-0.2, 0) is 0 Å². The van der Waals surface area contributed by atoms with Gasteiger partial charge in [-0.15, -0.1) is 0 Å². The summed E-state index contributed by atoms with van der Waals surface area (Å²) < 4.78 is 14.5. The summed E-state index contributed by atoms with van der Waals surface area (Å²) in [6.07, 6.45) is 0. The zero-order valence-electron chi connectivity index (χ0n) is 13.6. The van der Waals surface area contributed by atoms with Crippen molar-refractivity contribution in [1.82, 2.24) is 9.78 Å². The Kier molecular flexibility index (Phi) is 3.79. The Morgan fingerprint density at radius 2 is 1.65 bits per heavy atom. The second-order valence-corrected chi connectivity index (χ2v) is 5.78. The lowest BCUT2D eigenvalue weighted by atomic mass is 10.0. The maximum absolute atomic E-state index is 13.2. The Labute approximate surface area is 148 Å². The van der Waals surface area contributed by atoms with Crippen molar-refractivity contribution in [2.24, 2.45) is 0 Å². The molecule has 0 amide bonds. The van der Waals surface area contributed by atoms with Gasteiger partial charge in [0.2, 0.25) is 0 Å². The molecule has 0 aliphatic carbocycles. The van der Waals surface area contributed by atoms with Gasteiger partial charge < -0.3 is 0 Å². The molecular weight excluding hydrogens is 329 g/mol. The molecule has 0 N–H and O–H groups in total. The molecule has 0 bridgehead atoms. The Morgan fingerprint density at radius 1 is 0.923 bits per heavy atom. The van der Waals surface area contributed by atoms with E-state index in [0.29, 0.717) is 27.7 Å². The van der Waals surface area contributed by atoms with E-state index >= 15 is 0 Å². The molecule has 1 heterocycles. The van der Waals surface area contributed by atoms with E-state index in [1.54, 1.807) is 30.3 Å². The molecule has 4 nitrogen and oxygen atoms in total. The summed E-state index contributed by atoms with van der Waals surface area (Å²) >= 11 is 0. The maximum atomic E-state index is 13.2. The lowest BCUT2D eigenvalue weighted by molar-refractivity contribution is 0.626. The number of nitriles is 1. The fraction of sp³-hybridized carbons (Fsp3) is 0. The minimum Gasteiger partial charge on any atom is -0.267 e. The lowest BCUT2D eigenvalue weighted by Gasteiger charge is -2.11. The average molecular weight is 341 g/mol. The van der Waals surface area contributed by atoms with Crippen molar-refractivity contribution in [2.45, 2.75) is 0 Å². The van der Waals surface area contributed by atoms with Gasteiger partial charge in [-0.25, -0.2) is 4.39 Å². The van der Waals surface area contributed by atoms with Crippen LogP contribution in [0.15, 0.2) is 77.6 Å². The van der Waals surface area contributed by atoms with Crippen molar-refractivity contribution in [3.05, 3.63) is 94.5 Å². The minimum absolute atomic E-state index is 0.285. The molecule has 0 unspecified atom stereocenters. The van der Waals surface area contributed by atoms with Gasteiger partial charge in [0, 0.05) is 10.9 Å². The minimum atomic E-state index is -0.385. The van der Waals surface area contributed by atoms with Crippen molar-refractivity contribution in [3.63, 3.8) is 0 Å². The van der Waals surface area contributed by atoms with E-state index in [-0.39, 0.29) is 11.4 Å². The third-order valence-corrected chi connectivity index (χ3v) is 4.14. The Hall–Kier alpha value is -3.78. The second kappa shape index (κ2) is 6.26. The van der Waals surface area contributed by atoms with Crippen molar-refractivity contribution in [1.29, 1.82) is 5.26 Å². The molecule has 4 aromatic rings. The third kappa shape index (κ3) is 2.64. The summed E-state index contributed by atoms with van der Waals surface area (Å²) in [6.45, 7) is 0. The molecule has 0 atom stereocenters. The first-order valence-electron chi connectivity index (χ1n) is 7.96. The number of nitrogens with zero attached hydrogens (tertiary/aromatic N) is 3. The molecule has 0 saturated heterocycles. The normalized spacial score (nSPS) is 10.6. The third-order valence-electron chi connectivity index (χ3n) is 4.14. The quantitative estimate of drug-likeness (QED) is 0.552. The van der Waals surface area contributed by atoms with E-state index < -0.39 is 0 Å². The predicted molar refractivity (Wildman–Crippen MR) is 97.4 cm³/mol. The van der Waals surface area contributed by atoms with Crippen LogP contribution in [0.1, 0.15) is 5.56 Å². The Balaban J connectivity index is 2.06. The van der Waals surface area contributed by atoms with E-state index in [0.717, 1.165) is 5.56 Å². The maximum Gasteiger partial charge on any atom is 0.279 e. The highest BCUT2D eigenvalue weighted by molar-refractivity contribution is 5.94. The molecule has 0 aliphatic rings. The molecule has 0 spiro atoms. The van der Waals surface area contributed by atoms with Gasteiger partial charge in [-0.1, -0.05) is 30.3 Å². The van der Waals surface area contributed by atoms with Gasteiger partial charge in [0.1, 0.15) is 5.82 Å². The zero-order chi connectivity index (χ0) is 18.1. The highest BCUT2D eigenvalue weighted by Gasteiger charge is 2.13. The van der Waals surface area contributed by atoms with Crippen LogP contribution >= 0.6 is 0 Å². The standard InChI is InChI=1S/C21H12FN3O/c22-16-8-10-17(11-9-16)25-21(26)19-7-2-1-6-18(19)20(24-25)15-5-3-4-14(12-15)13-23/h1-12H. The van der Waals surface area contributed by atoms with Crippen LogP contribution in [0.4, 0.5) is 4.39 Å². The molecule has 0 radical (unpaired) electrons. The van der Waals surface area contributed by atoms with Gasteiger partial charge in [0.15, 0.2) is 0 Å². The molecular formula is C21H12FN3O. The number of rotatable bonds is 2. The second-order valence-electron chi connectivity index (χ2n) is 5.78. The first-order valence-corrected chi connectivity index (χ1v) is 7.96. The smallest absolute Gasteiger partial charge is 0.267 e. The number of fused-ring (bicyclic) bond motifs is 1. The first kappa shape index (κ1) is 15.7. The predicted octanol–water partition coefficient (Wildman–Crippen LogP) is 4.06. The van der Waals surface area contributed by atoms with Crippen LogP contribution in [0.25, 0.3) is 27.7 Å². The molecule has 0 aliphatic heterocycles. The van der Waals surface area contributed by atoms with E-state index in [4.69, 9.17) is 5.26 Å². The zero-order valence-corrected chi connectivity index (χ0v) is 13.6. The molecule has 4 rings (SSSR count). The van der Waals surface area contributed by atoms with Crippen molar-refractivity contribution in [3.8, 4) is 23.0 Å². The molecule has 0 fully saturated rings. The molecule has 1 aromatic heterocycles. The molecule has 0 saturated carbocycles. The van der Waals surface area contributed by atoms with Gasteiger partial charge in [-0.3, -0.25) is 4.79 Å². The number of aromatic nitrogens is 2. The first-order chi connectivity index (χ1) is 12.7. The largest absolute Gasteiger partial charge is 0.279 e. The summed E-state index contributed by atoms with van der Waals surface area (Å²) in [6, 6.07) is 21.9. The summed E-state index contributed by atoms with van der Waals surface area (Å²) in [7, 11) is 0. The number of halogens is 1. The molecule has 26 heavy (non-hydrogen) atoms. The van der Waals surface area contributed by atoms with E-state index in [1.807, 2.05) is 18.2 Å². The van der Waals surface area contributed by atoms with E-state index in [9.17, 15) is 9.18 Å². The van der Waals surface area contributed by atoms with Crippen LogP contribution in [0.5, 0.6) is 0 Å². The van der Waals surface area contributed by atoms with Gasteiger partial charge in [0.05, 0.1) is 28.4 Å². The summed E-state index contributed by atoms with van der Waals surface area (Å²) in [5.74, 6) is -0.385. The van der Waals surface area contributed by atoms with Crippen molar-refractivity contribution in [2.75, 3.05) is 0 Å². The monoisotopic (exact) mass is 341 g/mol. The highest BCUT2D eigenvalue weighted by atomic mass is 19.1. The summed E-state index contributed by atoms with van der Waals surface area (Å²) in [5, 5.41) is 14.9. The number of hydrogen-bond acceptors (Lipinski definition) is 3. The average Bonchev–Trinajstić information content (AvgIpc) is 2.69. The van der Waals surface area contributed by atoms with Crippen LogP contribution in [0, 0.1) is 17.1 Å². The topological polar surface area (TPSA) is 58.7 Å². The van der Waals surface area contributed by atoms with Crippen LogP contribution < -0.4 is 5.56 Å². The van der Waals surface area contributed by atoms with Gasteiger partial charge in [-0.2, -0.15) is 15.0 Å². The number of hydrogen-bond donors (Lipinski definition) is 0. The van der Waals surface area contributed by atoms with Crippen LogP contribution in [0.3, 0.4) is 0 Å².